The van der Waals surface area contributed by atoms with E-state index in [1.807, 2.05) is 0 Å². The Kier molecular flexibility index (Phi) is 2.50. The molecule has 0 aromatic heterocycles. The third-order valence-corrected chi connectivity index (χ3v) is 3.10. The Morgan fingerprint density at radius 2 is 2.07 bits per heavy atom. The standard InChI is InChI=1S/C11H13F2N/c12-10-3-1-2-9(11(10)13)8-5-4-7(8)6-14/h1-3,7-8H,4-6,14H2. The van der Waals surface area contributed by atoms with Crippen molar-refractivity contribution in [1.82, 2.24) is 0 Å². The first-order valence-electron chi connectivity index (χ1n) is 4.88. The predicted molar refractivity (Wildman–Crippen MR) is 50.9 cm³/mol. The van der Waals surface area contributed by atoms with Gasteiger partial charge in [-0.05, 0) is 42.9 Å². The maximum atomic E-state index is 13.4. The van der Waals surface area contributed by atoms with Crippen LogP contribution >= 0.6 is 0 Å². The van der Waals surface area contributed by atoms with Gasteiger partial charge in [-0.15, -0.1) is 0 Å². The smallest absolute Gasteiger partial charge is 0.162 e. The summed E-state index contributed by atoms with van der Waals surface area (Å²) in [5.74, 6) is -1.01. The molecule has 1 aromatic rings. The second-order valence-corrected chi connectivity index (χ2v) is 3.82. The van der Waals surface area contributed by atoms with Gasteiger partial charge >= 0.3 is 0 Å². The summed E-state index contributed by atoms with van der Waals surface area (Å²) in [6.45, 7) is 0.556. The lowest BCUT2D eigenvalue weighted by molar-refractivity contribution is 0.255. The molecule has 2 atom stereocenters. The van der Waals surface area contributed by atoms with E-state index >= 15 is 0 Å². The number of hydrogen-bond donors (Lipinski definition) is 1. The van der Waals surface area contributed by atoms with Gasteiger partial charge in [-0.1, -0.05) is 12.1 Å². The van der Waals surface area contributed by atoms with Crippen molar-refractivity contribution in [3.8, 4) is 0 Å². The molecule has 0 spiro atoms. The molecule has 1 saturated carbocycles. The molecule has 14 heavy (non-hydrogen) atoms. The van der Waals surface area contributed by atoms with Crippen molar-refractivity contribution in [3.63, 3.8) is 0 Å². The van der Waals surface area contributed by atoms with E-state index in [1.54, 1.807) is 12.1 Å². The molecular weight excluding hydrogens is 184 g/mol. The van der Waals surface area contributed by atoms with Crippen molar-refractivity contribution >= 4 is 0 Å². The molecule has 2 N–H and O–H groups in total. The van der Waals surface area contributed by atoms with Crippen molar-refractivity contribution in [2.75, 3.05) is 6.54 Å². The summed E-state index contributed by atoms with van der Waals surface area (Å²) >= 11 is 0. The van der Waals surface area contributed by atoms with E-state index in [9.17, 15) is 8.78 Å². The maximum Gasteiger partial charge on any atom is 0.162 e. The van der Waals surface area contributed by atoms with Gasteiger partial charge in [0.25, 0.3) is 0 Å². The fraction of sp³-hybridized carbons (Fsp3) is 0.455. The largest absolute Gasteiger partial charge is 0.330 e. The lowest BCUT2D eigenvalue weighted by Crippen LogP contribution is -2.31. The Balaban J connectivity index is 2.28. The van der Waals surface area contributed by atoms with Crippen molar-refractivity contribution in [3.05, 3.63) is 35.4 Å². The molecule has 3 heteroatoms. The molecule has 2 rings (SSSR count). The van der Waals surface area contributed by atoms with Crippen LogP contribution in [0.25, 0.3) is 0 Å². The molecule has 0 saturated heterocycles. The number of benzene rings is 1. The van der Waals surface area contributed by atoms with Crippen LogP contribution in [0.5, 0.6) is 0 Å². The first kappa shape index (κ1) is 9.59. The van der Waals surface area contributed by atoms with E-state index in [-0.39, 0.29) is 5.92 Å². The van der Waals surface area contributed by atoms with E-state index in [0.717, 1.165) is 18.9 Å². The molecule has 0 radical (unpaired) electrons. The third-order valence-electron chi connectivity index (χ3n) is 3.10. The molecule has 0 aliphatic heterocycles. The van der Waals surface area contributed by atoms with Crippen LogP contribution in [0.2, 0.25) is 0 Å². The van der Waals surface area contributed by atoms with Crippen LogP contribution < -0.4 is 5.73 Å². The van der Waals surface area contributed by atoms with Gasteiger partial charge in [-0.25, -0.2) is 8.78 Å². The Bertz CT molecular complexity index is 336. The van der Waals surface area contributed by atoms with Gasteiger partial charge in [0.1, 0.15) is 0 Å². The quantitative estimate of drug-likeness (QED) is 0.774. The minimum Gasteiger partial charge on any atom is -0.330 e. The summed E-state index contributed by atoms with van der Waals surface area (Å²) < 4.78 is 26.3. The van der Waals surface area contributed by atoms with E-state index in [2.05, 4.69) is 0 Å². The molecule has 0 amide bonds. The second kappa shape index (κ2) is 3.65. The highest BCUT2D eigenvalue weighted by Crippen LogP contribution is 2.42. The Hall–Kier alpha value is -0.960. The molecular formula is C11H13F2N. The molecule has 76 valence electrons. The van der Waals surface area contributed by atoms with Gasteiger partial charge in [0.05, 0.1) is 0 Å². The van der Waals surface area contributed by atoms with Gasteiger partial charge < -0.3 is 5.73 Å². The summed E-state index contributed by atoms with van der Waals surface area (Å²) in [6.07, 6.45) is 1.94. The number of rotatable bonds is 2. The van der Waals surface area contributed by atoms with Gasteiger partial charge in [0.15, 0.2) is 11.6 Å². The number of nitrogens with two attached hydrogens (primary N) is 1. The molecule has 1 nitrogen and oxygen atoms in total. The zero-order chi connectivity index (χ0) is 10.1. The summed E-state index contributed by atoms with van der Waals surface area (Å²) in [7, 11) is 0. The lowest BCUT2D eigenvalue weighted by atomic mass is 9.70. The fourth-order valence-corrected chi connectivity index (χ4v) is 2.07. The summed E-state index contributed by atoms with van der Waals surface area (Å²) in [5, 5.41) is 0. The summed E-state index contributed by atoms with van der Waals surface area (Å²) in [4.78, 5) is 0. The average Bonchev–Trinajstić information content (AvgIpc) is 2.12. The van der Waals surface area contributed by atoms with Gasteiger partial charge in [-0.2, -0.15) is 0 Å². The second-order valence-electron chi connectivity index (χ2n) is 3.82. The van der Waals surface area contributed by atoms with Gasteiger partial charge in [-0.3, -0.25) is 0 Å². The highest BCUT2D eigenvalue weighted by atomic mass is 19.2. The van der Waals surface area contributed by atoms with Crippen LogP contribution in [0.1, 0.15) is 24.3 Å². The molecule has 2 unspecified atom stereocenters. The van der Waals surface area contributed by atoms with E-state index in [4.69, 9.17) is 5.73 Å². The Labute approximate surface area is 81.9 Å². The lowest BCUT2D eigenvalue weighted by Gasteiger charge is -2.36. The van der Waals surface area contributed by atoms with Crippen LogP contribution in [0.3, 0.4) is 0 Å². The van der Waals surface area contributed by atoms with E-state index in [0.29, 0.717) is 18.0 Å². The monoisotopic (exact) mass is 197 g/mol. The first-order valence-corrected chi connectivity index (χ1v) is 4.88. The summed E-state index contributed by atoms with van der Waals surface area (Å²) in [5.41, 5.74) is 6.03. The molecule has 1 aliphatic rings. The molecule has 1 aromatic carbocycles. The normalized spacial score (nSPS) is 25.9. The minimum atomic E-state index is -0.759. The van der Waals surface area contributed by atoms with Crippen LogP contribution in [0.4, 0.5) is 8.78 Å². The zero-order valence-corrected chi connectivity index (χ0v) is 7.84. The third kappa shape index (κ3) is 1.42. The van der Waals surface area contributed by atoms with E-state index < -0.39 is 11.6 Å². The topological polar surface area (TPSA) is 26.0 Å². The zero-order valence-electron chi connectivity index (χ0n) is 7.84. The number of halogens is 2. The predicted octanol–water partition coefficient (Wildman–Crippen LogP) is 2.42. The highest BCUT2D eigenvalue weighted by Gasteiger charge is 2.33. The molecule has 1 aliphatic carbocycles. The van der Waals surface area contributed by atoms with Crippen molar-refractivity contribution in [2.24, 2.45) is 11.7 Å². The van der Waals surface area contributed by atoms with Crippen LogP contribution in [-0.2, 0) is 0 Å². The fourth-order valence-electron chi connectivity index (χ4n) is 2.07. The molecule has 0 bridgehead atoms. The van der Waals surface area contributed by atoms with Crippen LogP contribution in [0, 0.1) is 17.6 Å². The molecule has 1 fully saturated rings. The summed E-state index contributed by atoms with van der Waals surface area (Å²) in [6, 6.07) is 4.36. The van der Waals surface area contributed by atoms with Crippen LogP contribution in [0.15, 0.2) is 18.2 Å². The van der Waals surface area contributed by atoms with Crippen LogP contribution in [-0.4, -0.2) is 6.54 Å². The average molecular weight is 197 g/mol. The van der Waals surface area contributed by atoms with Gasteiger partial charge in [0.2, 0.25) is 0 Å². The van der Waals surface area contributed by atoms with E-state index in [1.165, 1.54) is 0 Å². The number of hydrogen-bond acceptors (Lipinski definition) is 1. The highest BCUT2D eigenvalue weighted by molar-refractivity contribution is 5.25. The SMILES string of the molecule is NCC1CCC1c1cccc(F)c1F. The first-order chi connectivity index (χ1) is 6.74. The Morgan fingerprint density at radius 1 is 1.29 bits per heavy atom. The minimum absolute atomic E-state index is 0.121. The van der Waals surface area contributed by atoms with Crippen molar-refractivity contribution in [2.45, 2.75) is 18.8 Å². The van der Waals surface area contributed by atoms with Gasteiger partial charge in [0, 0.05) is 0 Å². The molecule has 0 heterocycles. The maximum absolute atomic E-state index is 13.4. The van der Waals surface area contributed by atoms with Crippen molar-refractivity contribution < 1.29 is 8.78 Å². The van der Waals surface area contributed by atoms with Crippen molar-refractivity contribution in [1.29, 1.82) is 0 Å². The Morgan fingerprint density at radius 3 is 2.64 bits per heavy atom.